The Balaban J connectivity index is 1.22. The van der Waals surface area contributed by atoms with Crippen molar-refractivity contribution in [3.05, 3.63) is 175 Å². The minimum Gasteiger partial charge on any atom is -0.456 e. The summed E-state index contributed by atoms with van der Waals surface area (Å²) >= 11 is 0. The quantitative estimate of drug-likeness (QED) is 0.168. The van der Waals surface area contributed by atoms with Crippen molar-refractivity contribution < 1.29 is 4.42 Å². The van der Waals surface area contributed by atoms with Gasteiger partial charge in [-0.25, -0.2) is 0 Å². The van der Waals surface area contributed by atoms with Crippen LogP contribution in [0.4, 0.5) is 11.4 Å². The van der Waals surface area contributed by atoms with Crippen molar-refractivity contribution in [2.45, 2.75) is 19.8 Å². The first-order chi connectivity index (χ1) is 23.1. The van der Waals surface area contributed by atoms with Crippen LogP contribution in [-0.4, -0.2) is 0 Å². The molecule has 0 radical (unpaired) electrons. The number of allylic oxidation sites excluding steroid dienone is 4. The number of aryl methyl sites for hydroxylation is 2. The van der Waals surface area contributed by atoms with E-state index in [9.17, 15) is 0 Å². The Bertz CT molecular complexity index is 2380. The highest BCUT2D eigenvalue weighted by Gasteiger charge is 2.20. The van der Waals surface area contributed by atoms with Gasteiger partial charge in [0, 0.05) is 27.5 Å². The molecule has 2 heteroatoms. The fourth-order valence-corrected chi connectivity index (χ4v) is 6.93. The Morgan fingerprint density at radius 1 is 0.681 bits per heavy atom. The summed E-state index contributed by atoms with van der Waals surface area (Å²) in [4.78, 5) is 2.30. The van der Waals surface area contributed by atoms with Gasteiger partial charge in [0.15, 0.2) is 0 Å². The average Bonchev–Trinajstić information content (AvgIpc) is 3.49. The van der Waals surface area contributed by atoms with Gasteiger partial charge in [-0.05, 0) is 113 Å². The lowest BCUT2D eigenvalue weighted by Crippen LogP contribution is -2.16. The maximum absolute atomic E-state index is 6.25. The average molecular weight is 606 g/mol. The second-order valence-corrected chi connectivity index (χ2v) is 12.3. The Labute approximate surface area is 275 Å². The van der Waals surface area contributed by atoms with E-state index >= 15 is 0 Å². The van der Waals surface area contributed by atoms with Crippen molar-refractivity contribution in [2.24, 2.45) is 0 Å². The summed E-state index contributed by atoms with van der Waals surface area (Å²) in [6.45, 7) is 10.3. The van der Waals surface area contributed by atoms with Crippen molar-refractivity contribution in [2.75, 3.05) is 4.90 Å². The molecule has 2 nitrogen and oxygen atoms in total. The summed E-state index contributed by atoms with van der Waals surface area (Å²) in [7, 11) is 0. The van der Waals surface area contributed by atoms with Crippen molar-refractivity contribution in [1.82, 2.24) is 0 Å². The molecule has 0 spiro atoms. The minimum atomic E-state index is 0.895. The van der Waals surface area contributed by atoms with Gasteiger partial charge < -0.3 is 9.32 Å². The molecule has 0 aliphatic heterocycles. The van der Waals surface area contributed by atoms with Crippen LogP contribution in [0.3, 0.4) is 0 Å². The molecular formula is C45H35NO. The number of fused-ring (bicyclic) bond motifs is 6. The Morgan fingerprint density at radius 3 is 1.94 bits per heavy atom. The third kappa shape index (κ3) is 5.09. The molecule has 8 rings (SSSR count). The molecule has 1 aliphatic carbocycles. The molecule has 1 aromatic heterocycles. The number of hydrogen-bond donors (Lipinski definition) is 0. The molecule has 0 saturated carbocycles. The molecule has 0 bridgehead atoms. The summed E-state index contributed by atoms with van der Waals surface area (Å²) in [5, 5.41) is 4.73. The molecule has 0 amide bonds. The highest BCUT2D eigenvalue weighted by Crippen LogP contribution is 2.41. The second-order valence-electron chi connectivity index (χ2n) is 12.3. The first-order valence-corrected chi connectivity index (χ1v) is 16.2. The molecule has 226 valence electrons. The maximum atomic E-state index is 6.25. The molecule has 0 atom stereocenters. The van der Waals surface area contributed by atoms with Crippen LogP contribution in [0.1, 0.15) is 23.1 Å². The van der Waals surface area contributed by atoms with E-state index < -0.39 is 0 Å². The zero-order chi connectivity index (χ0) is 31.9. The third-order valence-corrected chi connectivity index (χ3v) is 9.32. The third-order valence-electron chi connectivity index (χ3n) is 9.32. The lowest BCUT2D eigenvalue weighted by atomic mass is 9.90. The number of rotatable bonds is 7. The highest BCUT2D eigenvalue weighted by molar-refractivity contribution is 6.08. The predicted molar refractivity (Wildman–Crippen MR) is 201 cm³/mol. The fraction of sp³-hybridized carbons (Fsp3) is 0.0667. The van der Waals surface area contributed by atoms with Gasteiger partial charge in [-0.3, -0.25) is 0 Å². The summed E-state index contributed by atoms with van der Waals surface area (Å²) in [6.07, 6.45) is 12.4. The summed E-state index contributed by atoms with van der Waals surface area (Å²) < 4.78 is 6.25. The number of anilines is 2. The number of hydrogen-bond acceptors (Lipinski definition) is 2. The van der Waals surface area contributed by atoms with Crippen LogP contribution in [0.5, 0.6) is 0 Å². The molecule has 0 N–H and O–H groups in total. The Morgan fingerprint density at radius 2 is 1.30 bits per heavy atom. The van der Waals surface area contributed by atoms with E-state index in [-0.39, 0.29) is 0 Å². The van der Waals surface area contributed by atoms with Gasteiger partial charge in [-0.15, -0.1) is 0 Å². The van der Waals surface area contributed by atoms with Crippen LogP contribution < -0.4 is 4.90 Å². The van der Waals surface area contributed by atoms with Crippen LogP contribution >= 0.6 is 0 Å². The van der Waals surface area contributed by atoms with E-state index in [0.29, 0.717) is 0 Å². The summed E-state index contributed by atoms with van der Waals surface area (Å²) in [5.74, 6) is 0. The zero-order valence-electron chi connectivity index (χ0n) is 26.5. The van der Waals surface area contributed by atoms with Gasteiger partial charge in [0.1, 0.15) is 11.2 Å². The van der Waals surface area contributed by atoms with Crippen LogP contribution in [0.2, 0.25) is 0 Å². The van der Waals surface area contributed by atoms with Gasteiger partial charge in [-0.2, -0.15) is 0 Å². The van der Waals surface area contributed by atoms with Crippen LogP contribution in [-0.2, 0) is 6.42 Å². The van der Waals surface area contributed by atoms with Crippen LogP contribution in [0.15, 0.2) is 163 Å². The van der Waals surface area contributed by atoms with Crippen molar-refractivity contribution in [3.63, 3.8) is 0 Å². The Hall–Kier alpha value is -5.86. The van der Waals surface area contributed by atoms with E-state index in [0.717, 1.165) is 63.0 Å². The van der Waals surface area contributed by atoms with Crippen LogP contribution in [0.25, 0.3) is 61.0 Å². The van der Waals surface area contributed by atoms with Crippen molar-refractivity contribution >= 4 is 50.2 Å². The molecule has 6 aromatic carbocycles. The number of benzene rings is 6. The van der Waals surface area contributed by atoms with Gasteiger partial charge >= 0.3 is 0 Å². The molecule has 47 heavy (non-hydrogen) atoms. The van der Waals surface area contributed by atoms with Crippen molar-refractivity contribution in [1.29, 1.82) is 0 Å². The van der Waals surface area contributed by atoms with Gasteiger partial charge in [-0.1, -0.05) is 110 Å². The second kappa shape index (κ2) is 11.8. The highest BCUT2D eigenvalue weighted by atomic mass is 16.3. The number of nitrogens with zero attached hydrogens (tertiary/aromatic N) is 1. The number of furan rings is 1. The van der Waals surface area contributed by atoms with E-state index in [2.05, 4.69) is 152 Å². The normalized spacial score (nSPS) is 12.8. The fourth-order valence-electron chi connectivity index (χ4n) is 6.93. The molecular weight excluding hydrogens is 571 g/mol. The zero-order valence-corrected chi connectivity index (χ0v) is 26.5. The van der Waals surface area contributed by atoms with Gasteiger partial charge in [0.05, 0.1) is 5.69 Å². The van der Waals surface area contributed by atoms with Gasteiger partial charge in [0.25, 0.3) is 0 Å². The predicted octanol–water partition coefficient (Wildman–Crippen LogP) is 12.7. The standard InChI is InChI=1S/C45H35NO/c1-4-10-36(5-2)46(43-29-35-11-6-7-12-38(35)39-13-8-9-14-40(39)43)37-23-19-32(20-24-37)34-22-26-45-42(28-34)41-27-33(21-25-44(41)47-45)31-17-15-30(3)16-18-31/h4-5,7-10,12-29H,1-2,6,11H2,3H3/b36-10+. The summed E-state index contributed by atoms with van der Waals surface area (Å²) in [6, 6.07) is 41.5. The monoisotopic (exact) mass is 605 g/mol. The molecule has 0 fully saturated rings. The molecule has 1 heterocycles. The first kappa shape index (κ1) is 28.6. The molecule has 0 unspecified atom stereocenters. The SMILES string of the molecule is C=C/C=C(\C=C)N(c1ccc(-c2ccc3oc4ccc(-c5ccc(C)cc5)cc4c3c2)cc1)c1cc2c(c3ccccc13)C=CCC2. The van der Waals surface area contributed by atoms with Gasteiger partial charge in [0.2, 0.25) is 0 Å². The largest absolute Gasteiger partial charge is 0.456 e. The lowest BCUT2D eigenvalue weighted by molar-refractivity contribution is 0.669. The lowest BCUT2D eigenvalue weighted by Gasteiger charge is -2.29. The smallest absolute Gasteiger partial charge is 0.135 e. The summed E-state index contributed by atoms with van der Waals surface area (Å²) in [5.41, 5.74) is 13.6. The minimum absolute atomic E-state index is 0.895. The van der Waals surface area contributed by atoms with E-state index in [1.165, 1.54) is 38.6 Å². The topological polar surface area (TPSA) is 16.4 Å². The Kier molecular flexibility index (Phi) is 7.19. The molecule has 0 saturated heterocycles. The van der Waals surface area contributed by atoms with E-state index in [1.54, 1.807) is 0 Å². The molecule has 7 aromatic rings. The van der Waals surface area contributed by atoms with Crippen molar-refractivity contribution in [3.8, 4) is 22.3 Å². The van der Waals surface area contributed by atoms with E-state index in [4.69, 9.17) is 4.42 Å². The van der Waals surface area contributed by atoms with E-state index in [1.807, 2.05) is 18.2 Å². The molecule has 1 aliphatic rings. The first-order valence-electron chi connectivity index (χ1n) is 16.2. The maximum Gasteiger partial charge on any atom is 0.135 e. The van der Waals surface area contributed by atoms with Crippen LogP contribution in [0, 0.1) is 6.92 Å².